The van der Waals surface area contributed by atoms with Crippen molar-refractivity contribution >= 4 is 22.9 Å². The van der Waals surface area contributed by atoms with Gasteiger partial charge in [-0.1, -0.05) is 13.0 Å². The highest BCUT2D eigenvalue weighted by Gasteiger charge is 2.16. The Balaban J connectivity index is 1.61. The maximum absolute atomic E-state index is 13.4. The van der Waals surface area contributed by atoms with Crippen molar-refractivity contribution in [3.8, 4) is 11.4 Å². The van der Waals surface area contributed by atoms with Crippen molar-refractivity contribution < 1.29 is 9.18 Å². The van der Waals surface area contributed by atoms with Crippen LogP contribution in [0.15, 0.2) is 53.7 Å². The smallest absolute Gasteiger partial charge is 0.279 e. The Morgan fingerprint density at radius 1 is 1.23 bits per heavy atom. The Hall–Kier alpha value is -3.88. The number of hydrogen-bond acceptors (Lipinski definition) is 5. The van der Waals surface area contributed by atoms with Crippen LogP contribution in [0.3, 0.4) is 0 Å². The molecule has 1 amide bonds. The third-order valence-corrected chi connectivity index (χ3v) is 4.68. The van der Waals surface area contributed by atoms with Crippen LogP contribution in [-0.4, -0.2) is 37.5 Å². The van der Waals surface area contributed by atoms with E-state index in [1.165, 1.54) is 29.4 Å². The molecule has 0 spiro atoms. The first-order valence-electron chi connectivity index (χ1n) is 9.43. The Morgan fingerprint density at radius 3 is 2.77 bits per heavy atom. The normalized spacial score (nSPS) is 11.0. The second-order valence-corrected chi connectivity index (χ2v) is 6.81. The lowest BCUT2D eigenvalue weighted by Crippen LogP contribution is -2.27. The zero-order valence-electron chi connectivity index (χ0n) is 16.5. The number of halogens is 1. The van der Waals surface area contributed by atoms with Crippen LogP contribution < -0.4 is 10.5 Å². The number of carbonyl (C=O) groups is 1. The minimum atomic E-state index is -0.478. The van der Waals surface area contributed by atoms with Crippen LogP contribution in [0.4, 0.5) is 10.2 Å². The van der Waals surface area contributed by atoms with Gasteiger partial charge in [-0.3, -0.25) is 19.1 Å². The van der Waals surface area contributed by atoms with Gasteiger partial charge in [0.2, 0.25) is 0 Å². The van der Waals surface area contributed by atoms with Gasteiger partial charge >= 0.3 is 0 Å². The van der Waals surface area contributed by atoms with Crippen molar-refractivity contribution in [3.05, 3.63) is 70.7 Å². The minimum absolute atomic E-state index is 0.175. The number of nitrogens with zero attached hydrogens (tertiary/aromatic N) is 5. The van der Waals surface area contributed by atoms with Crippen molar-refractivity contribution in [1.29, 1.82) is 0 Å². The lowest BCUT2D eigenvalue weighted by molar-refractivity contribution is 0.0992. The monoisotopic (exact) mass is 406 g/mol. The predicted octanol–water partition coefficient (Wildman–Crippen LogP) is 3.01. The second-order valence-electron chi connectivity index (χ2n) is 6.81. The standard InChI is InChI=1S/C21H19FN6O2/c1-3-9-28-12-24-19-17(21(28)30)25-18(26-19)14-7-8-16(23-11-14)27(2)20(29)13-5-4-6-15(22)10-13/h4-8,10-12H,3,9H2,1-2H3,(H,25,26). The molecule has 0 aliphatic heterocycles. The molecule has 9 heteroatoms. The number of anilines is 1. The lowest BCUT2D eigenvalue weighted by Gasteiger charge is -2.16. The number of rotatable bonds is 5. The number of H-pyrrole nitrogens is 1. The number of hydrogen-bond donors (Lipinski definition) is 1. The maximum Gasteiger partial charge on any atom is 0.279 e. The first kappa shape index (κ1) is 19.4. The number of nitrogens with one attached hydrogen (secondary N) is 1. The van der Waals surface area contributed by atoms with Crippen LogP contribution in [-0.2, 0) is 6.54 Å². The Bertz CT molecular complexity index is 1280. The van der Waals surface area contributed by atoms with E-state index in [1.54, 1.807) is 36.0 Å². The van der Waals surface area contributed by atoms with E-state index in [-0.39, 0.29) is 17.0 Å². The third kappa shape index (κ3) is 3.57. The molecule has 0 bridgehead atoms. The number of amides is 1. The number of benzene rings is 1. The summed E-state index contributed by atoms with van der Waals surface area (Å²) in [6.45, 7) is 2.57. The van der Waals surface area contributed by atoms with Crippen LogP contribution in [0.5, 0.6) is 0 Å². The first-order valence-corrected chi connectivity index (χ1v) is 9.43. The van der Waals surface area contributed by atoms with E-state index in [4.69, 9.17) is 0 Å². The quantitative estimate of drug-likeness (QED) is 0.550. The molecule has 3 heterocycles. The Kier molecular flexibility index (Phi) is 5.09. The van der Waals surface area contributed by atoms with Crippen molar-refractivity contribution in [3.63, 3.8) is 0 Å². The molecule has 0 aliphatic rings. The van der Waals surface area contributed by atoms with E-state index >= 15 is 0 Å². The average molecular weight is 406 g/mol. The van der Waals surface area contributed by atoms with Crippen molar-refractivity contribution in [2.24, 2.45) is 0 Å². The van der Waals surface area contributed by atoms with Gasteiger partial charge in [-0.25, -0.2) is 19.3 Å². The highest BCUT2D eigenvalue weighted by Crippen LogP contribution is 2.20. The third-order valence-electron chi connectivity index (χ3n) is 4.68. The molecule has 30 heavy (non-hydrogen) atoms. The number of fused-ring (bicyclic) bond motifs is 1. The van der Waals surface area contributed by atoms with Gasteiger partial charge in [-0.2, -0.15) is 0 Å². The zero-order chi connectivity index (χ0) is 21.3. The van der Waals surface area contributed by atoms with Gasteiger partial charge in [0, 0.05) is 30.9 Å². The van der Waals surface area contributed by atoms with Gasteiger partial charge in [0.1, 0.15) is 23.8 Å². The van der Waals surface area contributed by atoms with Gasteiger partial charge in [0.15, 0.2) is 11.2 Å². The maximum atomic E-state index is 13.4. The van der Waals surface area contributed by atoms with Gasteiger partial charge in [0.05, 0.1) is 0 Å². The van der Waals surface area contributed by atoms with Crippen molar-refractivity contribution in [1.82, 2.24) is 24.5 Å². The fourth-order valence-corrected chi connectivity index (χ4v) is 3.11. The Morgan fingerprint density at radius 2 is 2.07 bits per heavy atom. The van der Waals surface area contributed by atoms with Gasteiger partial charge < -0.3 is 4.98 Å². The van der Waals surface area contributed by atoms with E-state index in [0.717, 1.165) is 6.42 Å². The summed E-state index contributed by atoms with van der Waals surface area (Å²) in [7, 11) is 1.57. The number of aryl methyl sites for hydroxylation is 1. The summed E-state index contributed by atoms with van der Waals surface area (Å²) in [5.74, 6) is 0.00257. The number of carbonyl (C=O) groups excluding carboxylic acids is 1. The molecule has 4 rings (SSSR count). The molecule has 0 aliphatic carbocycles. The van der Waals surface area contributed by atoms with Crippen LogP contribution in [0, 0.1) is 5.82 Å². The number of aromatic amines is 1. The largest absolute Gasteiger partial charge is 0.332 e. The summed E-state index contributed by atoms with van der Waals surface area (Å²) in [5.41, 5.74) is 1.37. The summed E-state index contributed by atoms with van der Waals surface area (Å²) >= 11 is 0. The average Bonchev–Trinajstić information content (AvgIpc) is 3.20. The van der Waals surface area contributed by atoms with Gasteiger partial charge in [-0.05, 0) is 36.8 Å². The molecule has 4 aromatic rings. The summed E-state index contributed by atoms with van der Waals surface area (Å²) < 4.78 is 14.9. The molecule has 3 aromatic heterocycles. The fourth-order valence-electron chi connectivity index (χ4n) is 3.11. The van der Waals surface area contributed by atoms with Crippen LogP contribution in [0.25, 0.3) is 22.6 Å². The van der Waals surface area contributed by atoms with E-state index in [2.05, 4.69) is 19.9 Å². The summed E-state index contributed by atoms with van der Waals surface area (Å²) in [6.07, 6.45) is 3.86. The van der Waals surface area contributed by atoms with Gasteiger partial charge in [0.25, 0.3) is 11.5 Å². The molecule has 0 radical (unpaired) electrons. The van der Waals surface area contributed by atoms with E-state index in [0.29, 0.717) is 34.9 Å². The lowest BCUT2D eigenvalue weighted by atomic mass is 10.2. The van der Waals surface area contributed by atoms with Crippen LogP contribution in [0.2, 0.25) is 0 Å². The highest BCUT2D eigenvalue weighted by atomic mass is 19.1. The van der Waals surface area contributed by atoms with Crippen molar-refractivity contribution in [2.75, 3.05) is 11.9 Å². The summed E-state index contributed by atoms with van der Waals surface area (Å²) in [4.78, 5) is 42.3. The number of aromatic nitrogens is 5. The molecule has 0 atom stereocenters. The molecule has 0 fully saturated rings. The highest BCUT2D eigenvalue weighted by molar-refractivity contribution is 6.05. The SMILES string of the molecule is CCCn1cnc2nc(-c3ccc(N(C)C(=O)c4cccc(F)c4)nc3)[nH]c2c1=O. The zero-order valence-corrected chi connectivity index (χ0v) is 16.5. The fraction of sp³-hybridized carbons (Fsp3) is 0.190. The molecule has 1 aromatic carbocycles. The summed E-state index contributed by atoms with van der Waals surface area (Å²) in [6, 6.07) is 8.88. The number of pyridine rings is 1. The predicted molar refractivity (Wildman–Crippen MR) is 111 cm³/mol. The molecule has 0 saturated carbocycles. The Labute approximate surface area is 171 Å². The minimum Gasteiger partial charge on any atom is -0.332 e. The van der Waals surface area contributed by atoms with Crippen molar-refractivity contribution in [2.45, 2.75) is 19.9 Å². The topological polar surface area (TPSA) is 96.8 Å². The van der Waals surface area contributed by atoms with Crippen LogP contribution >= 0.6 is 0 Å². The molecule has 152 valence electrons. The van der Waals surface area contributed by atoms with E-state index < -0.39 is 5.82 Å². The first-order chi connectivity index (χ1) is 14.5. The van der Waals surface area contributed by atoms with E-state index in [9.17, 15) is 14.0 Å². The van der Waals surface area contributed by atoms with E-state index in [1.807, 2.05) is 6.92 Å². The molecule has 8 nitrogen and oxygen atoms in total. The number of imidazole rings is 1. The summed E-state index contributed by atoms with van der Waals surface area (Å²) in [5, 5.41) is 0. The second kappa shape index (κ2) is 7.86. The molecule has 1 N–H and O–H groups in total. The molecule has 0 saturated heterocycles. The molecular formula is C21H19FN6O2. The molecule has 0 unspecified atom stereocenters. The van der Waals surface area contributed by atoms with Crippen LogP contribution in [0.1, 0.15) is 23.7 Å². The molecular weight excluding hydrogens is 387 g/mol. The van der Waals surface area contributed by atoms with Gasteiger partial charge in [-0.15, -0.1) is 0 Å².